The van der Waals surface area contributed by atoms with Gasteiger partial charge in [-0.1, -0.05) is 38.0 Å². The molecule has 9 aliphatic rings. The van der Waals surface area contributed by atoms with E-state index in [2.05, 4.69) is 6.92 Å². The van der Waals surface area contributed by atoms with Crippen LogP contribution in [0.25, 0.3) is 0 Å². The Hall–Kier alpha value is -2.22. The molecule has 0 aromatic carbocycles. The summed E-state index contributed by atoms with van der Waals surface area (Å²) >= 11 is 0. The van der Waals surface area contributed by atoms with Crippen molar-refractivity contribution in [3.63, 3.8) is 0 Å². The Labute approximate surface area is 505 Å². The lowest BCUT2D eigenvalue weighted by Crippen LogP contribution is -2.78. The van der Waals surface area contributed by atoms with Crippen LogP contribution < -0.4 is 0 Å². The van der Waals surface area contributed by atoms with Crippen molar-refractivity contribution < 1.29 is 116 Å². The van der Waals surface area contributed by atoms with Gasteiger partial charge in [-0.2, -0.15) is 0 Å². The molecule has 24 heteroatoms. The Kier molecular flexibility index (Phi) is 21.2. The fraction of sp³-hybridized carbons (Fsp3) is 0.903. The molecular weight excluding hydrogens is 1130 g/mol. The number of ketones is 1. The Morgan fingerprint density at radius 2 is 1.10 bits per heavy atom. The summed E-state index contributed by atoms with van der Waals surface area (Å²) in [4.78, 5) is 27.0. The second-order valence-electron chi connectivity index (χ2n) is 26.7. The van der Waals surface area contributed by atoms with E-state index in [1.165, 1.54) is 20.1 Å². The Bertz CT molecular complexity index is 2390. The van der Waals surface area contributed by atoms with Crippen molar-refractivity contribution in [3.8, 4) is 0 Å². The topological polar surface area (TPSA) is 314 Å². The third kappa shape index (κ3) is 12.4. The molecule has 9 rings (SSSR count). The lowest BCUT2D eigenvalue weighted by atomic mass is 9.42. The zero-order valence-corrected chi connectivity index (χ0v) is 52.6. The number of allylic oxidation sites excluding steroid dienone is 1. The van der Waals surface area contributed by atoms with Gasteiger partial charge in [0.15, 0.2) is 37.2 Å². The number of methoxy groups -OCH3 is 4. The SMILES string of the molecule is COC1CC(OC2CCC3(C)C(=CCC4(O)C3CC(OC(=O)C=C(C)C(C)C)C3(C)C(O)(C(C)=O)CCC43O)C2)OC(C)C1OC1CC(OC)C(OC2CC(OC)C(OC3CC(OC)C(OC4OC(CO)C(O)C(O)C4O)C(C)O3)C(C)O2)C(C)O1. The highest BCUT2D eigenvalue weighted by Crippen LogP contribution is 2.71. The van der Waals surface area contributed by atoms with E-state index in [1.54, 1.807) is 35.2 Å². The van der Waals surface area contributed by atoms with Gasteiger partial charge >= 0.3 is 5.97 Å². The van der Waals surface area contributed by atoms with Crippen molar-refractivity contribution in [1.82, 2.24) is 0 Å². The standard InChI is InChI=1S/C62H100O24/c1-29(2)30(3)21-45(65)82-44-27-43-58(9)17-16-37(22-36(58)15-18-61(43,70)62(71)20-19-60(69,35(8)64)59(44,62)10)80-46-23-38(72-11)53(31(4)76-46)83-47-24-39(73-12)54(32(5)77-47)84-48-25-40(74-13)55(33(6)78-48)85-49-26-41(75-14)56(34(7)79-49)86-57-52(68)51(67)50(66)42(28-63)81-57/h15,21,29,31-34,37-44,46-57,63,66-71H,16-20,22-28H2,1-14H3. The second kappa shape index (κ2) is 26.8. The molecule has 29 atom stereocenters. The van der Waals surface area contributed by atoms with Gasteiger partial charge in [0.2, 0.25) is 0 Å². The number of aliphatic hydroxyl groups is 7. The molecule has 492 valence electrons. The lowest BCUT2D eigenvalue weighted by Gasteiger charge is -2.67. The third-order valence-corrected chi connectivity index (χ3v) is 21.7. The molecule has 0 aromatic rings. The molecule has 0 spiro atoms. The average molecular weight is 1230 g/mol. The van der Waals surface area contributed by atoms with Crippen LogP contribution in [0.4, 0.5) is 0 Å². The van der Waals surface area contributed by atoms with Crippen LogP contribution in [0.15, 0.2) is 23.3 Å². The van der Waals surface area contributed by atoms with Gasteiger partial charge < -0.3 is 107 Å². The molecule has 5 saturated heterocycles. The van der Waals surface area contributed by atoms with Crippen LogP contribution in [0.3, 0.4) is 0 Å². The molecule has 5 heterocycles. The van der Waals surface area contributed by atoms with Crippen molar-refractivity contribution in [2.75, 3.05) is 35.0 Å². The molecule has 86 heavy (non-hydrogen) atoms. The normalized spacial score (nSPS) is 50.0. The molecule has 4 aliphatic carbocycles. The largest absolute Gasteiger partial charge is 0.458 e. The number of fused-ring (bicyclic) bond motifs is 5. The zero-order valence-electron chi connectivity index (χ0n) is 52.6. The summed E-state index contributed by atoms with van der Waals surface area (Å²) in [5.74, 6) is -1.67. The molecule has 5 aliphatic heterocycles. The summed E-state index contributed by atoms with van der Waals surface area (Å²) in [6.07, 6.45) is -11.6. The number of carbonyl (C=O) groups excluding carboxylic acids is 2. The van der Waals surface area contributed by atoms with Crippen molar-refractivity contribution >= 4 is 11.8 Å². The lowest BCUT2D eigenvalue weighted by molar-refractivity contribution is -0.358. The number of ether oxygens (including phenoxy) is 15. The van der Waals surface area contributed by atoms with E-state index >= 15 is 0 Å². The number of rotatable bonds is 19. The number of carbonyl (C=O) groups is 2. The maximum absolute atomic E-state index is 13.6. The summed E-state index contributed by atoms with van der Waals surface area (Å²) in [7, 11) is 6.35. The van der Waals surface area contributed by atoms with Crippen molar-refractivity contribution in [1.29, 1.82) is 0 Å². The molecule has 24 nitrogen and oxygen atoms in total. The van der Waals surface area contributed by atoms with E-state index in [9.17, 15) is 45.3 Å². The summed E-state index contributed by atoms with van der Waals surface area (Å²) in [5, 5.41) is 79.0. The van der Waals surface area contributed by atoms with Crippen molar-refractivity contribution in [2.45, 2.75) is 298 Å². The van der Waals surface area contributed by atoms with E-state index in [1.807, 2.05) is 47.6 Å². The first-order valence-corrected chi connectivity index (χ1v) is 31.1. The number of hydrogen-bond acceptors (Lipinski definition) is 24. The minimum atomic E-state index is -2.04. The molecule has 0 radical (unpaired) electrons. The van der Waals surface area contributed by atoms with E-state index in [0.717, 1.165) is 11.1 Å². The van der Waals surface area contributed by atoms with Gasteiger partial charge in [-0.3, -0.25) is 4.79 Å². The highest BCUT2D eigenvalue weighted by molar-refractivity contribution is 5.87. The van der Waals surface area contributed by atoms with Crippen LogP contribution in [-0.4, -0.2) is 241 Å². The zero-order chi connectivity index (χ0) is 62.7. The third-order valence-electron chi connectivity index (χ3n) is 21.7. The molecule has 3 saturated carbocycles. The smallest absolute Gasteiger partial charge is 0.330 e. The number of hydrogen-bond donors (Lipinski definition) is 7. The molecule has 29 unspecified atom stereocenters. The number of aliphatic hydroxyl groups excluding tert-OH is 4. The van der Waals surface area contributed by atoms with Gasteiger partial charge in [0.1, 0.15) is 71.7 Å². The van der Waals surface area contributed by atoms with E-state index in [4.69, 9.17) is 71.1 Å². The summed E-state index contributed by atoms with van der Waals surface area (Å²) in [6, 6.07) is 0. The fourth-order valence-electron chi connectivity index (χ4n) is 16.1. The van der Waals surface area contributed by atoms with Gasteiger partial charge in [-0.05, 0) is 105 Å². The van der Waals surface area contributed by atoms with Gasteiger partial charge in [-0.25, -0.2) is 4.79 Å². The molecule has 0 amide bonds. The van der Waals surface area contributed by atoms with E-state index in [-0.39, 0.29) is 44.1 Å². The Morgan fingerprint density at radius 1 is 0.640 bits per heavy atom. The fourth-order valence-corrected chi connectivity index (χ4v) is 16.1. The summed E-state index contributed by atoms with van der Waals surface area (Å²) < 4.78 is 94.3. The van der Waals surface area contributed by atoms with Crippen molar-refractivity contribution in [2.24, 2.45) is 22.7 Å². The summed E-state index contributed by atoms with van der Waals surface area (Å²) in [5.41, 5.74) is -6.22. The molecular formula is C62H100O24. The second-order valence-corrected chi connectivity index (χ2v) is 26.7. The average Bonchev–Trinajstić information content (AvgIpc) is 1.34. The highest BCUT2D eigenvalue weighted by Gasteiger charge is 2.81. The maximum atomic E-state index is 13.6. The molecule has 8 fully saturated rings. The minimum absolute atomic E-state index is 0.0490. The van der Waals surface area contributed by atoms with Crippen LogP contribution in [0.5, 0.6) is 0 Å². The molecule has 0 bridgehead atoms. The highest BCUT2D eigenvalue weighted by atomic mass is 16.8. The number of esters is 1. The van der Waals surface area contributed by atoms with Crippen molar-refractivity contribution in [3.05, 3.63) is 23.3 Å². The monoisotopic (exact) mass is 1230 g/mol. The van der Waals surface area contributed by atoms with Gasteiger partial charge in [0.25, 0.3) is 0 Å². The first kappa shape index (κ1) is 68.2. The maximum Gasteiger partial charge on any atom is 0.330 e. The van der Waals surface area contributed by atoms with Crippen LogP contribution in [0.1, 0.15) is 140 Å². The first-order valence-electron chi connectivity index (χ1n) is 31.1. The predicted molar refractivity (Wildman–Crippen MR) is 301 cm³/mol. The summed E-state index contributed by atoms with van der Waals surface area (Å²) in [6.45, 7) is 17.6. The van der Waals surface area contributed by atoms with Gasteiger partial charge in [-0.15, -0.1) is 0 Å². The van der Waals surface area contributed by atoms with E-state index < -0.39 is 187 Å². The molecule has 0 aromatic heterocycles. The van der Waals surface area contributed by atoms with Crippen LogP contribution in [0.2, 0.25) is 0 Å². The van der Waals surface area contributed by atoms with Gasteiger partial charge in [0.05, 0.1) is 67.0 Å². The van der Waals surface area contributed by atoms with Crippen LogP contribution in [0, 0.1) is 22.7 Å². The van der Waals surface area contributed by atoms with Gasteiger partial charge in [0, 0.05) is 66.1 Å². The first-order chi connectivity index (χ1) is 40.5. The number of Topliss-reactive ketones (excluding diaryl/α,β-unsaturated/α-hetero) is 1. The van der Waals surface area contributed by atoms with Crippen LogP contribution >= 0.6 is 0 Å². The quantitative estimate of drug-likeness (QED) is 0.0555. The van der Waals surface area contributed by atoms with E-state index in [0.29, 0.717) is 38.5 Å². The van der Waals surface area contributed by atoms with Crippen LogP contribution in [-0.2, 0) is 80.6 Å². The Balaban J connectivity index is 0.779. The Morgan fingerprint density at radius 3 is 1.55 bits per heavy atom. The minimum Gasteiger partial charge on any atom is -0.458 e. The predicted octanol–water partition coefficient (Wildman–Crippen LogP) is 2.95. The molecule has 7 N–H and O–H groups in total.